The van der Waals surface area contributed by atoms with Gasteiger partial charge in [-0.05, 0) is 49.1 Å². The van der Waals surface area contributed by atoms with Gasteiger partial charge in [-0.2, -0.15) is 0 Å². The van der Waals surface area contributed by atoms with E-state index in [2.05, 4.69) is 45.0 Å². The first-order chi connectivity index (χ1) is 8.70. The van der Waals surface area contributed by atoms with Crippen LogP contribution >= 0.6 is 0 Å². The molecule has 0 atom stereocenters. The van der Waals surface area contributed by atoms with Crippen LogP contribution in [0.1, 0.15) is 64.4 Å². The molecule has 1 saturated carbocycles. The molecule has 1 aromatic carbocycles. The molecular weight excluding hydrogens is 220 g/mol. The SMILES string of the molecule is CCC1CCC(Oc2ccccc2C(C)C)CC1. The van der Waals surface area contributed by atoms with E-state index >= 15 is 0 Å². The second-order valence-electron chi connectivity index (χ2n) is 5.86. The van der Waals surface area contributed by atoms with Crippen LogP contribution in [0.3, 0.4) is 0 Å². The van der Waals surface area contributed by atoms with E-state index in [0.29, 0.717) is 12.0 Å². The maximum absolute atomic E-state index is 6.24. The van der Waals surface area contributed by atoms with E-state index in [0.717, 1.165) is 11.7 Å². The van der Waals surface area contributed by atoms with Crippen LogP contribution in [0.4, 0.5) is 0 Å². The minimum absolute atomic E-state index is 0.438. The van der Waals surface area contributed by atoms with E-state index in [1.54, 1.807) is 0 Å². The lowest BCUT2D eigenvalue weighted by molar-refractivity contribution is 0.128. The van der Waals surface area contributed by atoms with Gasteiger partial charge in [-0.3, -0.25) is 0 Å². The van der Waals surface area contributed by atoms with Crippen molar-refractivity contribution in [2.24, 2.45) is 5.92 Å². The highest BCUT2D eigenvalue weighted by atomic mass is 16.5. The number of benzene rings is 1. The summed E-state index contributed by atoms with van der Waals surface area (Å²) in [5.41, 5.74) is 1.34. The van der Waals surface area contributed by atoms with Crippen molar-refractivity contribution in [1.82, 2.24) is 0 Å². The molecule has 1 fully saturated rings. The molecule has 0 spiro atoms. The molecule has 0 unspecified atom stereocenters. The molecule has 18 heavy (non-hydrogen) atoms. The summed E-state index contributed by atoms with van der Waals surface area (Å²) in [5, 5.41) is 0. The zero-order valence-electron chi connectivity index (χ0n) is 12.0. The van der Waals surface area contributed by atoms with Crippen LogP contribution in [0.25, 0.3) is 0 Å². The number of hydrogen-bond acceptors (Lipinski definition) is 1. The van der Waals surface area contributed by atoms with E-state index in [-0.39, 0.29) is 0 Å². The third-order valence-electron chi connectivity index (χ3n) is 4.21. The molecular formula is C17H26O. The molecule has 1 heteroatoms. The first-order valence-corrected chi connectivity index (χ1v) is 7.46. The van der Waals surface area contributed by atoms with Crippen LogP contribution in [0, 0.1) is 5.92 Å². The highest BCUT2D eigenvalue weighted by molar-refractivity contribution is 5.35. The summed E-state index contributed by atoms with van der Waals surface area (Å²) in [6.07, 6.45) is 6.90. The second-order valence-corrected chi connectivity index (χ2v) is 5.86. The van der Waals surface area contributed by atoms with Gasteiger partial charge in [0.2, 0.25) is 0 Å². The first-order valence-electron chi connectivity index (χ1n) is 7.46. The molecule has 100 valence electrons. The van der Waals surface area contributed by atoms with Crippen molar-refractivity contribution >= 4 is 0 Å². The molecule has 0 radical (unpaired) electrons. The Labute approximate surface area is 112 Å². The molecule has 1 aliphatic carbocycles. The quantitative estimate of drug-likeness (QED) is 0.713. The second kappa shape index (κ2) is 6.26. The third-order valence-corrected chi connectivity index (χ3v) is 4.21. The van der Waals surface area contributed by atoms with Gasteiger partial charge < -0.3 is 4.74 Å². The zero-order chi connectivity index (χ0) is 13.0. The average Bonchev–Trinajstić information content (AvgIpc) is 2.40. The van der Waals surface area contributed by atoms with Crippen molar-refractivity contribution in [2.45, 2.75) is 64.9 Å². The van der Waals surface area contributed by atoms with Crippen LogP contribution < -0.4 is 4.74 Å². The average molecular weight is 246 g/mol. The predicted molar refractivity (Wildman–Crippen MR) is 77.2 cm³/mol. The third kappa shape index (κ3) is 3.28. The van der Waals surface area contributed by atoms with Crippen LogP contribution in [-0.4, -0.2) is 6.10 Å². The Morgan fingerprint density at radius 1 is 1.11 bits per heavy atom. The van der Waals surface area contributed by atoms with Gasteiger partial charge in [0.1, 0.15) is 5.75 Å². The van der Waals surface area contributed by atoms with Crippen molar-refractivity contribution in [3.8, 4) is 5.75 Å². The summed E-state index contributed by atoms with van der Waals surface area (Å²) in [4.78, 5) is 0. The maximum atomic E-state index is 6.24. The van der Waals surface area contributed by atoms with Gasteiger partial charge in [0.25, 0.3) is 0 Å². The molecule has 0 heterocycles. The Hall–Kier alpha value is -0.980. The van der Waals surface area contributed by atoms with Crippen molar-refractivity contribution < 1.29 is 4.74 Å². The normalized spacial score (nSPS) is 24.2. The smallest absolute Gasteiger partial charge is 0.123 e. The molecule has 1 nitrogen and oxygen atoms in total. The molecule has 1 aromatic rings. The highest BCUT2D eigenvalue weighted by Gasteiger charge is 2.22. The van der Waals surface area contributed by atoms with Gasteiger partial charge in [-0.15, -0.1) is 0 Å². The number of para-hydroxylation sites is 1. The summed E-state index contributed by atoms with van der Waals surface area (Å²) in [5.74, 6) is 2.57. The molecule has 0 amide bonds. The lowest BCUT2D eigenvalue weighted by Crippen LogP contribution is -2.24. The summed E-state index contributed by atoms with van der Waals surface area (Å²) >= 11 is 0. The van der Waals surface area contributed by atoms with E-state index in [4.69, 9.17) is 4.74 Å². The number of ether oxygens (including phenoxy) is 1. The van der Waals surface area contributed by atoms with Gasteiger partial charge in [0.15, 0.2) is 0 Å². The van der Waals surface area contributed by atoms with Gasteiger partial charge >= 0.3 is 0 Å². The maximum Gasteiger partial charge on any atom is 0.123 e. The van der Waals surface area contributed by atoms with Crippen molar-refractivity contribution in [3.63, 3.8) is 0 Å². The molecule has 0 aliphatic heterocycles. The molecule has 0 aromatic heterocycles. The minimum atomic E-state index is 0.438. The van der Waals surface area contributed by atoms with Crippen molar-refractivity contribution in [2.75, 3.05) is 0 Å². The van der Waals surface area contributed by atoms with Gasteiger partial charge in [0, 0.05) is 0 Å². The zero-order valence-corrected chi connectivity index (χ0v) is 12.0. The highest BCUT2D eigenvalue weighted by Crippen LogP contribution is 2.32. The van der Waals surface area contributed by atoms with E-state index in [9.17, 15) is 0 Å². The molecule has 0 bridgehead atoms. The van der Waals surface area contributed by atoms with E-state index in [1.807, 2.05) is 0 Å². The van der Waals surface area contributed by atoms with Gasteiger partial charge in [0.05, 0.1) is 6.10 Å². The topological polar surface area (TPSA) is 9.23 Å². The number of rotatable bonds is 4. The van der Waals surface area contributed by atoms with E-state index in [1.165, 1.54) is 37.7 Å². The lowest BCUT2D eigenvalue weighted by Gasteiger charge is -2.29. The monoisotopic (exact) mass is 246 g/mol. The van der Waals surface area contributed by atoms with Gasteiger partial charge in [-0.1, -0.05) is 45.4 Å². The Bertz CT molecular complexity index is 362. The minimum Gasteiger partial charge on any atom is -0.490 e. The van der Waals surface area contributed by atoms with E-state index < -0.39 is 0 Å². The van der Waals surface area contributed by atoms with Crippen LogP contribution in [0.15, 0.2) is 24.3 Å². The van der Waals surface area contributed by atoms with Crippen molar-refractivity contribution in [3.05, 3.63) is 29.8 Å². The fraction of sp³-hybridized carbons (Fsp3) is 0.647. The number of hydrogen-bond donors (Lipinski definition) is 0. The fourth-order valence-corrected chi connectivity index (χ4v) is 2.90. The van der Waals surface area contributed by atoms with Crippen LogP contribution in [-0.2, 0) is 0 Å². The summed E-state index contributed by atoms with van der Waals surface area (Å²) in [6.45, 7) is 6.77. The Morgan fingerprint density at radius 2 is 1.78 bits per heavy atom. The Kier molecular flexibility index (Phi) is 4.68. The summed E-state index contributed by atoms with van der Waals surface area (Å²) in [6, 6.07) is 8.51. The van der Waals surface area contributed by atoms with Crippen molar-refractivity contribution in [1.29, 1.82) is 0 Å². The molecule has 2 rings (SSSR count). The largest absolute Gasteiger partial charge is 0.490 e. The predicted octanol–water partition coefficient (Wildman–Crippen LogP) is 5.16. The first kappa shape index (κ1) is 13.5. The standard InChI is InChI=1S/C17H26O/c1-4-14-9-11-15(12-10-14)18-17-8-6-5-7-16(17)13(2)3/h5-8,13-15H,4,9-12H2,1-3H3. The fourth-order valence-electron chi connectivity index (χ4n) is 2.90. The summed E-state index contributed by atoms with van der Waals surface area (Å²) < 4.78 is 6.24. The van der Waals surface area contributed by atoms with Crippen LogP contribution in [0.5, 0.6) is 5.75 Å². The Balaban J connectivity index is 1.98. The molecule has 1 aliphatic rings. The lowest BCUT2D eigenvalue weighted by atomic mass is 9.86. The Morgan fingerprint density at radius 3 is 2.39 bits per heavy atom. The van der Waals surface area contributed by atoms with Gasteiger partial charge in [-0.25, -0.2) is 0 Å². The molecule has 0 N–H and O–H groups in total. The molecule has 0 saturated heterocycles. The summed E-state index contributed by atoms with van der Waals surface area (Å²) in [7, 11) is 0. The van der Waals surface area contributed by atoms with Crippen LogP contribution in [0.2, 0.25) is 0 Å².